The predicted octanol–water partition coefficient (Wildman–Crippen LogP) is -2.43. The molecule has 17 nitrogen and oxygen atoms in total. The van der Waals surface area contributed by atoms with Gasteiger partial charge in [0.25, 0.3) is 5.56 Å². The van der Waals surface area contributed by atoms with E-state index in [-0.39, 0.29) is 5.56 Å². The molecule has 1 aromatic heterocycles. The minimum absolute atomic E-state index is 0.294. The van der Waals surface area contributed by atoms with Gasteiger partial charge < -0.3 is 39.5 Å². The molecule has 0 spiro atoms. The first-order chi connectivity index (χ1) is 13.1. The Morgan fingerprint density at radius 3 is 2.17 bits per heavy atom. The summed E-state index contributed by atoms with van der Waals surface area (Å²) in [5.41, 5.74) is -2.09. The van der Waals surface area contributed by atoms with Gasteiger partial charge in [0.2, 0.25) is 0 Å². The van der Waals surface area contributed by atoms with Crippen LogP contribution in [0.3, 0.4) is 0 Å². The number of aliphatic hydroxyl groups excluding tert-OH is 2. The van der Waals surface area contributed by atoms with E-state index in [0.29, 0.717) is 0 Å². The Bertz CT molecular complexity index is 997. The number of ether oxygens (including phenoxy) is 1. The maximum absolute atomic E-state index is 11.8. The summed E-state index contributed by atoms with van der Waals surface area (Å²) in [6, 6.07) is 0. The first kappa shape index (κ1) is 24.2. The molecule has 8 N–H and O–H groups in total. The molecule has 2 unspecified atom stereocenters. The fourth-order valence-electron chi connectivity index (χ4n) is 2.25. The van der Waals surface area contributed by atoms with E-state index in [1.54, 1.807) is 0 Å². The summed E-state index contributed by atoms with van der Waals surface area (Å²) in [5, 5.41) is 19.9. The van der Waals surface area contributed by atoms with Gasteiger partial charge in [-0.25, -0.2) is 18.5 Å². The van der Waals surface area contributed by atoms with Gasteiger partial charge in [-0.1, -0.05) is 0 Å². The molecule has 0 saturated carbocycles. The first-order valence-corrected chi connectivity index (χ1v) is 11.7. The van der Waals surface area contributed by atoms with Crippen molar-refractivity contribution >= 4 is 23.5 Å². The Hall–Kier alpha value is -1.03. The standard InChI is InChI=1S/C9H15N2O15P3/c12-5-4(2-23-28(19,20)26-29(21,22)25-27(16,17)18)24-7(6(5)13)3-1-10-9(15)11-8(3)14/h1,4-7,12-13H,2H2,(H,19,20)(H,21,22)(H2,16,17,18)(H2,10,11,14,15)/t4-,5+,6+,7+/m1/s1. The summed E-state index contributed by atoms with van der Waals surface area (Å²) < 4.78 is 49.9. The van der Waals surface area contributed by atoms with Crippen LogP contribution in [0, 0.1) is 0 Å². The molecule has 1 aliphatic rings. The number of H-pyrrole nitrogens is 2. The number of hydrogen-bond acceptors (Lipinski definition) is 11. The molecular formula is C9H15N2O15P3. The van der Waals surface area contributed by atoms with Crippen molar-refractivity contribution < 1.29 is 61.4 Å². The Kier molecular flexibility index (Phi) is 7.20. The highest BCUT2D eigenvalue weighted by Crippen LogP contribution is 2.66. The number of aromatic nitrogens is 2. The number of nitrogens with one attached hydrogen (secondary N) is 2. The van der Waals surface area contributed by atoms with Crippen molar-refractivity contribution in [3.63, 3.8) is 0 Å². The van der Waals surface area contributed by atoms with Crippen molar-refractivity contribution in [1.29, 1.82) is 0 Å². The maximum Gasteiger partial charge on any atom is 0.490 e. The van der Waals surface area contributed by atoms with E-state index in [9.17, 15) is 38.4 Å². The van der Waals surface area contributed by atoms with Crippen LogP contribution in [0.15, 0.2) is 15.8 Å². The molecule has 20 heteroatoms. The molecule has 2 rings (SSSR count). The zero-order valence-corrected chi connectivity index (χ0v) is 16.5. The van der Waals surface area contributed by atoms with E-state index in [1.165, 1.54) is 0 Å². The summed E-state index contributed by atoms with van der Waals surface area (Å²) in [6.07, 6.45) is -5.66. The quantitative estimate of drug-likeness (QED) is 0.178. The normalized spacial score (nSPS) is 29.3. The van der Waals surface area contributed by atoms with Crippen molar-refractivity contribution in [2.24, 2.45) is 0 Å². The summed E-state index contributed by atoms with van der Waals surface area (Å²) >= 11 is 0. The molecule has 0 aliphatic carbocycles. The van der Waals surface area contributed by atoms with Gasteiger partial charge in [0.1, 0.15) is 24.4 Å². The highest BCUT2D eigenvalue weighted by atomic mass is 31.3. The third kappa shape index (κ3) is 6.73. The Labute approximate surface area is 159 Å². The predicted molar refractivity (Wildman–Crippen MR) is 87.1 cm³/mol. The molecule has 0 radical (unpaired) electrons. The molecule has 1 saturated heterocycles. The van der Waals surface area contributed by atoms with Gasteiger partial charge in [0, 0.05) is 6.20 Å². The largest absolute Gasteiger partial charge is 0.490 e. The van der Waals surface area contributed by atoms with Crippen molar-refractivity contribution in [2.75, 3.05) is 6.61 Å². The lowest BCUT2D eigenvalue weighted by Crippen LogP contribution is -2.34. The van der Waals surface area contributed by atoms with Gasteiger partial charge in [-0.2, -0.15) is 8.62 Å². The van der Waals surface area contributed by atoms with Crippen LogP contribution >= 0.6 is 23.5 Å². The van der Waals surface area contributed by atoms with Crippen LogP contribution in [0.1, 0.15) is 11.7 Å². The van der Waals surface area contributed by atoms with Crippen LogP contribution in [-0.2, 0) is 31.6 Å². The number of aliphatic hydroxyl groups is 2. The maximum atomic E-state index is 11.8. The van der Waals surface area contributed by atoms with Gasteiger partial charge in [-0.3, -0.25) is 14.3 Å². The van der Waals surface area contributed by atoms with Crippen LogP contribution in [0.2, 0.25) is 0 Å². The summed E-state index contributed by atoms with van der Waals surface area (Å²) in [4.78, 5) is 62.0. The second kappa shape index (κ2) is 8.61. The molecular weight excluding hydrogens is 469 g/mol. The van der Waals surface area contributed by atoms with Gasteiger partial charge in [0.15, 0.2) is 0 Å². The summed E-state index contributed by atoms with van der Waals surface area (Å²) in [6.45, 7) is -1.04. The highest BCUT2D eigenvalue weighted by molar-refractivity contribution is 7.66. The van der Waals surface area contributed by atoms with Crippen LogP contribution < -0.4 is 11.2 Å². The molecule has 0 amide bonds. The van der Waals surface area contributed by atoms with Crippen molar-refractivity contribution in [3.05, 3.63) is 32.6 Å². The average Bonchev–Trinajstić information content (AvgIpc) is 2.78. The molecule has 2 heterocycles. The minimum atomic E-state index is -5.73. The van der Waals surface area contributed by atoms with Crippen molar-refractivity contribution in [3.8, 4) is 0 Å². The second-order valence-electron chi connectivity index (χ2n) is 5.49. The van der Waals surface area contributed by atoms with E-state index in [4.69, 9.17) is 19.4 Å². The third-order valence-electron chi connectivity index (χ3n) is 3.33. The lowest BCUT2D eigenvalue weighted by molar-refractivity contribution is -0.0227. The number of aromatic amines is 2. The zero-order valence-electron chi connectivity index (χ0n) is 13.8. The van der Waals surface area contributed by atoms with E-state index in [0.717, 1.165) is 6.20 Å². The molecule has 0 bridgehead atoms. The summed E-state index contributed by atoms with van der Waals surface area (Å²) in [7, 11) is -16.8. The SMILES string of the molecule is O=c1[nH]cc([C@@H]2O[C@H](COP(=O)(O)OP(=O)(O)OP(=O)(O)O)[C@H](O)[C@@H]2O)c(=O)[nH]1. The lowest BCUT2D eigenvalue weighted by atomic mass is 10.0. The Morgan fingerprint density at radius 1 is 1.00 bits per heavy atom. The highest BCUT2D eigenvalue weighted by Gasteiger charge is 2.47. The molecule has 166 valence electrons. The van der Waals surface area contributed by atoms with Gasteiger partial charge in [-0.05, 0) is 0 Å². The van der Waals surface area contributed by atoms with Crippen molar-refractivity contribution in [2.45, 2.75) is 24.4 Å². The minimum Gasteiger partial charge on any atom is -0.387 e. The van der Waals surface area contributed by atoms with E-state index in [2.05, 4.69) is 18.1 Å². The fourth-order valence-corrected chi connectivity index (χ4v) is 5.28. The second-order valence-corrected chi connectivity index (χ2v) is 9.91. The Morgan fingerprint density at radius 2 is 1.62 bits per heavy atom. The number of hydrogen-bond donors (Lipinski definition) is 8. The molecule has 29 heavy (non-hydrogen) atoms. The van der Waals surface area contributed by atoms with Gasteiger partial charge >= 0.3 is 29.2 Å². The van der Waals surface area contributed by atoms with E-state index < -0.39 is 65.7 Å². The first-order valence-electron chi connectivity index (χ1n) is 7.22. The third-order valence-corrected chi connectivity index (χ3v) is 7.14. The van der Waals surface area contributed by atoms with E-state index in [1.807, 2.05) is 4.98 Å². The molecule has 1 aliphatic heterocycles. The molecule has 6 atom stereocenters. The van der Waals surface area contributed by atoms with Crippen molar-refractivity contribution in [1.82, 2.24) is 9.97 Å². The van der Waals surface area contributed by atoms with Crippen LogP contribution in [0.5, 0.6) is 0 Å². The smallest absolute Gasteiger partial charge is 0.387 e. The number of rotatable bonds is 8. The van der Waals surface area contributed by atoms with Gasteiger partial charge in [0.05, 0.1) is 12.2 Å². The van der Waals surface area contributed by atoms with E-state index >= 15 is 0 Å². The number of phosphoric ester groups is 1. The monoisotopic (exact) mass is 484 g/mol. The van der Waals surface area contributed by atoms with Crippen LogP contribution in [0.4, 0.5) is 0 Å². The lowest BCUT2D eigenvalue weighted by Gasteiger charge is -2.19. The molecule has 1 fully saturated rings. The van der Waals surface area contributed by atoms with Gasteiger partial charge in [-0.15, -0.1) is 0 Å². The fraction of sp³-hybridized carbons (Fsp3) is 0.556. The van der Waals surface area contributed by atoms with Crippen LogP contribution in [-0.4, -0.2) is 64.7 Å². The summed E-state index contributed by atoms with van der Waals surface area (Å²) in [5.74, 6) is 0. The molecule has 0 aromatic carbocycles. The average molecular weight is 484 g/mol. The molecule has 1 aromatic rings. The zero-order chi connectivity index (χ0) is 22.2. The Balaban J connectivity index is 2.06. The topological polar surface area (TPSA) is 275 Å². The van der Waals surface area contributed by atoms with Crippen LogP contribution in [0.25, 0.3) is 0 Å². The number of phosphoric acid groups is 3.